The molecule has 3 heterocycles. The Hall–Kier alpha value is -0.900. The van der Waals surface area contributed by atoms with Crippen LogP contribution in [-0.2, 0) is 0 Å². The SMILES string of the molecule is O=C(c1ccc(Cl)cc1)C1C2NC3CC2CCN1C3. The molecule has 3 bridgehead atoms. The summed E-state index contributed by atoms with van der Waals surface area (Å²) >= 11 is 5.89. The molecule has 1 N–H and O–H groups in total. The topological polar surface area (TPSA) is 32.3 Å². The van der Waals surface area contributed by atoms with Crippen LogP contribution in [0.5, 0.6) is 0 Å². The summed E-state index contributed by atoms with van der Waals surface area (Å²) in [5.74, 6) is 0.934. The summed E-state index contributed by atoms with van der Waals surface area (Å²) in [7, 11) is 0. The van der Waals surface area contributed by atoms with Crippen molar-refractivity contribution in [3.8, 4) is 0 Å². The summed E-state index contributed by atoms with van der Waals surface area (Å²) in [4.78, 5) is 15.1. The van der Waals surface area contributed by atoms with E-state index in [-0.39, 0.29) is 11.8 Å². The van der Waals surface area contributed by atoms with Gasteiger partial charge in [-0.1, -0.05) is 11.6 Å². The Kier molecular flexibility index (Phi) is 2.69. The number of piperidine rings is 1. The second kappa shape index (κ2) is 4.30. The van der Waals surface area contributed by atoms with Gasteiger partial charge in [-0.05, 0) is 49.6 Å². The largest absolute Gasteiger partial charge is 0.308 e. The number of fused-ring (bicyclic) bond motifs is 2. The molecule has 5 atom stereocenters. The zero-order valence-electron chi connectivity index (χ0n) is 10.7. The lowest BCUT2D eigenvalue weighted by atomic mass is 9.84. The highest BCUT2D eigenvalue weighted by Crippen LogP contribution is 2.38. The molecule has 4 heteroatoms. The van der Waals surface area contributed by atoms with E-state index in [1.54, 1.807) is 12.1 Å². The molecule has 3 aliphatic rings. The Balaban J connectivity index is 1.65. The second-order valence-electron chi connectivity index (χ2n) is 5.98. The number of ketones is 1. The summed E-state index contributed by atoms with van der Waals surface area (Å²) in [5.41, 5.74) is 0.784. The zero-order valence-corrected chi connectivity index (χ0v) is 11.4. The fraction of sp³-hybridized carbons (Fsp3) is 0.533. The first-order valence-corrected chi connectivity index (χ1v) is 7.40. The van der Waals surface area contributed by atoms with Crippen LogP contribution in [0.15, 0.2) is 24.3 Å². The van der Waals surface area contributed by atoms with E-state index >= 15 is 0 Å². The number of hydrogen-bond acceptors (Lipinski definition) is 3. The molecule has 100 valence electrons. The van der Waals surface area contributed by atoms with E-state index in [4.69, 9.17) is 11.6 Å². The average molecular weight is 277 g/mol. The number of carbonyl (C=O) groups excluding carboxylic acids is 1. The van der Waals surface area contributed by atoms with E-state index in [2.05, 4.69) is 10.2 Å². The molecule has 0 aromatic heterocycles. The van der Waals surface area contributed by atoms with Gasteiger partial charge in [-0.15, -0.1) is 0 Å². The van der Waals surface area contributed by atoms with Crippen LogP contribution in [-0.4, -0.2) is 41.9 Å². The van der Waals surface area contributed by atoms with Crippen molar-refractivity contribution in [1.82, 2.24) is 10.2 Å². The molecule has 0 spiro atoms. The minimum absolute atomic E-state index is 0.0266. The van der Waals surface area contributed by atoms with E-state index in [0.717, 1.165) is 18.7 Å². The standard InChI is InChI=1S/C15H17ClN2O/c16-11-3-1-9(2-4-11)15(19)14-13-10-5-6-18(14)8-12(7-10)17-13/h1-4,10,12-14,17H,5-8H2. The predicted octanol–water partition coefficient (Wildman–Crippen LogP) is 1.96. The van der Waals surface area contributed by atoms with Crippen LogP contribution in [0.4, 0.5) is 0 Å². The highest BCUT2D eigenvalue weighted by atomic mass is 35.5. The predicted molar refractivity (Wildman–Crippen MR) is 74.6 cm³/mol. The molecule has 1 aromatic carbocycles. The molecule has 0 aliphatic carbocycles. The third-order valence-electron chi connectivity index (χ3n) is 4.90. The van der Waals surface area contributed by atoms with Crippen molar-refractivity contribution in [3.63, 3.8) is 0 Å². The van der Waals surface area contributed by atoms with Crippen molar-refractivity contribution in [3.05, 3.63) is 34.9 Å². The van der Waals surface area contributed by atoms with Crippen LogP contribution in [0.1, 0.15) is 23.2 Å². The van der Waals surface area contributed by atoms with Crippen LogP contribution in [0.2, 0.25) is 5.02 Å². The smallest absolute Gasteiger partial charge is 0.181 e. The molecule has 5 unspecified atom stereocenters. The molecule has 1 aromatic rings. The highest BCUT2D eigenvalue weighted by Gasteiger charge is 2.51. The third kappa shape index (κ3) is 1.83. The summed E-state index contributed by atoms with van der Waals surface area (Å²) in [5, 5.41) is 4.33. The summed E-state index contributed by atoms with van der Waals surface area (Å²) in [6.45, 7) is 2.10. The Morgan fingerprint density at radius 2 is 2.11 bits per heavy atom. The van der Waals surface area contributed by atoms with Gasteiger partial charge in [0.1, 0.15) is 0 Å². The molecule has 19 heavy (non-hydrogen) atoms. The van der Waals surface area contributed by atoms with Crippen molar-refractivity contribution in [2.75, 3.05) is 13.1 Å². The number of nitrogens with one attached hydrogen (secondary N) is 1. The fourth-order valence-electron chi connectivity index (χ4n) is 4.06. The van der Waals surface area contributed by atoms with Crippen LogP contribution >= 0.6 is 11.6 Å². The van der Waals surface area contributed by atoms with Crippen molar-refractivity contribution in [2.24, 2.45) is 5.92 Å². The van der Waals surface area contributed by atoms with Gasteiger partial charge in [0.2, 0.25) is 0 Å². The van der Waals surface area contributed by atoms with Crippen LogP contribution in [0, 0.1) is 5.92 Å². The van der Waals surface area contributed by atoms with E-state index in [0.29, 0.717) is 23.0 Å². The maximum absolute atomic E-state index is 12.8. The first-order chi connectivity index (χ1) is 9.22. The van der Waals surface area contributed by atoms with E-state index in [1.807, 2.05) is 12.1 Å². The second-order valence-corrected chi connectivity index (χ2v) is 6.42. The monoisotopic (exact) mass is 276 g/mol. The number of benzene rings is 1. The Bertz CT molecular complexity index is 515. The number of Topliss-reactive ketones (excluding diaryl/α,β-unsaturated/α-hetero) is 1. The van der Waals surface area contributed by atoms with E-state index in [1.165, 1.54) is 12.8 Å². The van der Waals surface area contributed by atoms with Gasteiger partial charge in [-0.2, -0.15) is 0 Å². The number of piperazine rings is 1. The molecule has 3 saturated heterocycles. The lowest BCUT2D eigenvalue weighted by Crippen LogP contribution is -2.64. The number of nitrogens with zero attached hydrogens (tertiary/aromatic N) is 1. The van der Waals surface area contributed by atoms with Crippen molar-refractivity contribution < 1.29 is 4.79 Å². The van der Waals surface area contributed by atoms with Gasteiger partial charge in [0.05, 0.1) is 6.04 Å². The molecule has 0 saturated carbocycles. The summed E-state index contributed by atoms with van der Waals surface area (Å²) < 4.78 is 0. The minimum atomic E-state index is 0.0266. The average Bonchev–Trinajstić information content (AvgIpc) is 2.62. The third-order valence-corrected chi connectivity index (χ3v) is 5.15. The quantitative estimate of drug-likeness (QED) is 0.838. The lowest BCUT2D eigenvalue weighted by Gasteiger charge is -2.44. The number of halogens is 1. The van der Waals surface area contributed by atoms with Crippen molar-refractivity contribution in [2.45, 2.75) is 31.0 Å². The normalized spacial score (nSPS) is 39.5. The number of rotatable bonds is 2. The van der Waals surface area contributed by atoms with Crippen LogP contribution < -0.4 is 5.32 Å². The number of hydrogen-bond donors (Lipinski definition) is 1. The lowest BCUT2D eigenvalue weighted by molar-refractivity contribution is 0.0517. The van der Waals surface area contributed by atoms with Gasteiger partial charge in [-0.3, -0.25) is 9.69 Å². The Morgan fingerprint density at radius 1 is 1.32 bits per heavy atom. The first-order valence-electron chi connectivity index (χ1n) is 7.02. The Morgan fingerprint density at radius 3 is 2.89 bits per heavy atom. The highest BCUT2D eigenvalue weighted by molar-refractivity contribution is 6.30. The molecule has 3 nitrogen and oxygen atoms in total. The fourth-order valence-corrected chi connectivity index (χ4v) is 4.19. The summed E-state index contributed by atoms with van der Waals surface area (Å²) in [6.07, 6.45) is 2.48. The molecule has 3 aliphatic heterocycles. The van der Waals surface area contributed by atoms with Gasteiger partial charge in [-0.25, -0.2) is 0 Å². The van der Waals surface area contributed by atoms with Gasteiger partial charge in [0.15, 0.2) is 5.78 Å². The molecular formula is C15H17ClN2O. The molecule has 4 rings (SSSR count). The first kappa shape index (κ1) is 11.9. The van der Waals surface area contributed by atoms with Crippen molar-refractivity contribution in [1.29, 1.82) is 0 Å². The van der Waals surface area contributed by atoms with Crippen LogP contribution in [0.25, 0.3) is 0 Å². The van der Waals surface area contributed by atoms with Gasteiger partial charge in [0.25, 0.3) is 0 Å². The molecule has 3 fully saturated rings. The number of carbonyl (C=O) groups is 1. The molecule has 0 amide bonds. The maximum atomic E-state index is 12.8. The van der Waals surface area contributed by atoms with E-state index in [9.17, 15) is 4.79 Å². The van der Waals surface area contributed by atoms with Gasteiger partial charge < -0.3 is 5.32 Å². The molecule has 0 radical (unpaired) electrons. The summed E-state index contributed by atoms with van der Waals surface area (Å²) in [6, 6.07) is 8.29. The molecular weight excluding hydrogens is 260 g/mol. The zero-order chi connectivity index (χ0) is 13.0. The van der Waals surface area contributed by atoms with Crippen molar-refractivity contribution >= 4 is 17.4 Å². The Labute approximate surface area is 117 Å². The maximum Gasteiger partial charge on any atom is 0.181 e. The van der Waals surface area contributed by atoms with Gasteiger partial charge >= 0.3 is 0 Å². The van der Waals surface area contributed by atoms with E-state index < -0.39 is 0 Å². The van der Waals surface area contributed by atoms with Gasteiger partial charge in [0, 0.05) is 29.2 Å². The van der Waals surface area contributed by atoms with Crippen LogP contribution in [0.3, 0.4) is 0 Å². The minimum Gasteiger partial charge on any atom is -0.308 e.